The molecular weight excluding hydrogens is 210 g/mol. The van der Waals surface area contributed by atoms with Gasteiger partial charge in [0.2, 0.25) is 0 Å². The highest BCUT2D eigenvalue weighted by atomic mass is 15.2. The van der Waals surface area contributed by atoms with E-state index < -0.39 is 0 Å². The Labute approximate surface area is 104 Å². The Hall–Kier alpha value is -1.06. The second-order valence-corrected chi connectivity index (χ2v) is 5.39. The summed E-state index contributed by atoms with van der Waals surface area (Å²) in [6.07, 6.45) is 1.11. The minimum Gasteiger partial charge on any atom is -0.377 e. The van der Waals surface area contributed by atoms with E-state index in [0.29, 0.717) is 12.6 Å². The Kier molecular flexibility index (Phi) is 3.40. The lowest BCUT2D eigenvalue weighted by Crippen LogP contribution is -2.47. The van der Waals surface area contributed by atoms with E-state index in [1.807, 2.05) is 0 Å². The average molecular weight is 233 g/mol. The second-order valence-electron chi connectivity index (χ2n) is 5.39. The molecule has 1 heterocycles. The molecular formula is C14H23N3. The summed E-state index contributed by atoms with van der Waals surface area (Å²) in [5.74, 6) is 0. The van der Waals surface area contributed by atoms with Crippen molar-refractivity contribution in [1.29, 1.82) is 0 Å². The molecule has 0 radical (unpaired) electrons. The van der Waals surface area contributed by atoms with Crippen molar-refractivity contribution in [2.45, 2.75) is 31.8 Å². The number of aryl methyl sites for hydroxylation is 1. The Bertz CT molecular complexity index is 379. The first kappa shape index (κ1) is 12.4. The van der Waals surface area contributed by atoms with E-state index in [0.717, 1.165) is 13.0 Å². The lowest BCUT2D eigenvalue weighted by atomic mass is 9.95. The smallest absolute Gasteiger partial charge is 0.0636 e. The lowest BCUT2D eigenvalue weighted by Gasteiger charge is -2.30. The van der Waals surface area contributed by atoms with Gasteiger partial charge in [-0.3, -0.25) is 0 Å². The standard InChI is InChI=1S/C14H23N3/c1-11-6-4-5-7-13(11)16-14(9-15)8-12(2)17(3)10-14/h4-7,12,16H,8-10,15H2,1-3H3. The molecule has 2 rings (SSSR count). The molecule has 0 bridgehead atoms. The van der Waals surface area contributed by atoms with Crippen LogP contribution in [0.25, 0.3) is 0 Å². The van der Waals surface area contributed by atoms with Gasteiger partial charge in [0.05, 0.1) is 5.54 Å². The largest absolute Gasteiger partial charge is 0.377 e. The quantitative estimate of drug-likeness (QED) is 0.837. The minimum atomic E-state index is 0.0281. The van der Waals surface area contributed by atoms with Crippen molar-refractivity contribution in [2.24, 2.45) is 5.73 Å². The predicted molar refractivity (Wildman–Crippen MR) is 73.3 cm³/mol. The number of likely N-dealkylation sites (tertiary alicyclic amines) is 1. The van der Waals surface area contributed by atoms with E-state index in [1.54, 1.807) is 0 Å². The van der Waals surface area contributed by atoms with Crippen molar-refractivity contribution >= 4 is 5.69 Å². The molecule has 0 saturated carbocycles. The van der Waals surface area contributed by atoms with Crippen LogP contribution >= 0.6 is 0 Å². The van der Waals surface area contributed by atoms with Gasteiger partial charge in [0.15, 0.2) is 0 Å². The molecule has 1 aliphatic rings. The zero-order valence-electron chi connectivity index (χ0n) is 11.0. The monoisotopic (exact) mass is 233 g/mol. The van der Waals surface area contributed by atoms with Crippen LogP contribution in [0.15, 0.2) is 24.3 Å². The number of nitrogens with one attached hydrogen (secondary N) is 1. The molecule has 3 heteroatoms. The van der Waals surface area contributed by atoms with E-state index >= 15 is 0 Å². The summed E-state index contributed by atoms with van der Waals surface area (Å²) in [7, 11) is 2.17. The number of hydrogen-bond donors (Lipinski definition) is 2. The number of para-hydroxylation sites is 1. The molecule has 1 aromatic rings. The summed E-state index contributed by atoms with van der Waals surface area (Å²) < 4.78 is 0. The van der Waals surface area contributed by atoms with Crippen molar-refractivity contribution < 1.29 is 0 Å². The van der Waals surface area contributed by atoms with Crippen molar-refractivity contribution in [3.8, 4) is 0 Å². The van der Waals surface area contributed by atoms with Gasteiger partial charge >= 0.3 is 0 Å². The third kappa shape index (κ3) is 2.45. The zero-order valence-corrected chi connectivity index (χ0v) is 11.0. The normalized spacial score (nSPS) is 29.5. The summed E-state index contributed by atoms with van der Waals surface area (Å²) >= 11 is 0. The Morgan fingerprint density at radius 2 is 2.18 bits per heavy atom. The van der Waals surface area contributed by atoms with Gasteiger partial charge in [-0.1, -0.05) is 18.2 Å². The summed E-state index contributed by atoms with van der Waals surface area (Å²) in [5.41, 5.74) is 8.52. The second kappa shape index (κ2) is 4.67. The van der Waals surface area contributed by atoms with Crippen molar-refractivity contribution in [3.05, 3.63) is 29.8 Å². The molecule has 0 amide bonds. The highest BCUT2D eigenvalue weighted by molar-refractivity contribution is 5.52. The predicted octanol–water partition coefficient (Wildman–Crippen LogP) is 1.83. The number of rotatable bonds is 3. The fraction of sp³-hybridized carbons (Fsp3) is 0.571. The van der Waals surface area contributed by atoms with Gasteiger partial charge in [0, 0.05) is 24.8 Å². The summed E-state index contributed by atoms with van der Waals surface area (Å²) in [6, 6.07) is 9.00. The van der Waals surface area contributed by atoms with Crippen molar-refractivity contribution in [2.75, 3.05) is 25.5 Å². The van der Waals surface area contributed by atoms with Gasteiger partial charge in [-0.2, -0.15) is 0 Å². The third-order valence-corrected chi connectivity index (χ3v) is 3.93. The van der Waals surface area contributed by atoms with Gasteiger partial charge in [-0.15, -0.1) is 0 Å². The maximum absolute atomic E-state index is 6.00. The van der Waals surface area contributed by atoms with Gasteiger partial charge < -0.3 is 16.0 Å². The van der Waals surface area contributed by atoms with E-state index in [1.165, 1.54) is 11.3 Å². The van der Waals surface area contributed by atoms with Gasteiger partial charge in [0.25, 0.3) is 0 Å². The molecule has 1 fully saturated rings. The molecule has 1 saturated heterocycles. The van der Waals surface area contributed by atoms with Gasteiger partial charge in [-0.05, 0) is 38.9 Å². The molecule has 0 aromatic heterocycles. The number of benzene rings is 1. The van der Waals surface area contributed by atoms with Gasteiger partial charge in [-0.25, -0.2) is 0 Å². The Morgan fingerprint density at radius 1 is 1.47 bits per heavy atom. The number of nitrogens with two attached hydrogens (primary N) is 1. The molecule has 2 unspecified atom stereocenters. The molecule has 0 aliphatic carbocycles. The van der Waals surface area contributed by atoms with Crippen LogP contribution in [0.1, 0.15) is 18.9 Å². The highest BCUT2D eigenvalue weighted by Crippen LogP contribution is 2.29. The number of nitrogens with zero attached hydrogens (tertiary/aromatic N) is 1. The van der Waals surface area contributed by atoms with Crippen LogP contribution in [0.4, 0.5) is 5.69 Å². The van der Waals surface area contributed by atoms with Crippen LogP contribution in [0, 0.1) is 6.92 Å². The molecule has 3 N–H and O–H groups in total. The summed E-state index contributed by atoms with van der Waals surface area (Å²) in [5, 5.41) is 3.67. The number of hydrogen-bond acceptors (Lipinski definition) is 3. The molecule has 3 nitrogen and oxygen atoms in total. The van der Waals surface area contributed by atoms with Crippen LogP contribution in [0.2, 0.25) is 0 Å². The van der Waals surface area contributed by atoms with Crippen molar-refractivity contribution in [1.82, 2.24) is 4.90 Å². The first-order chi connectivity index (χ1) is 8.06. The van der Waals surface area contributed by atoms with Crippen LogP contribution in [-0.4, -0.2) is 36.6 Å². The van der Waals surface area contributed by atoms with Crippen molar-refractivity contribution in [3.63, 3.8) is 0 Å². The van der Waals surface area contributed by atoms with Crippen LogP contribution in [0.3, 0.4) is 0 Å². The molecule has 1 aliphatic heterocycles. The summed E-state index contributed by atoms with van der Waals surface area (Å²) in [4.78, 5) is 2.37. The Morgan fingerprint density at radius 3 is 2.71 bits per heavy atom. The van der Waals surface area contributed by atoms with E-state index in [4.69, 9.17) is 5.73 Å². The van der Waals surface area contributed by atoms with Crippen LogP contribution < -0.4 is 11.1 Å². The highest BCUT2D eigenvalue weighted by Gasteiger charge is 2.39. The fourth-order valence-corrected chi connectivity index (χ4v) is 2.71. The maximum Gasteiger partial charge on any atom is 0.0636 e. The molecule has 1 aromatic carbocycles. The van der Waals surface area contributed by atoms with E-state index in [2.05, 4.69) is 55.4 Å². The van der Waals surface area contributed by atoms with Gasteiger partial charge in [0.1, 0.15) is 0 Å². The molecule has 17 heavy (non-hydrogen) atoms. The maximum atomic E-state index is 6.00. The Balaban J connectivity index is 2.19. The van der Waals surface area contributed by atoms with Crippen LogP contribution in [-0.2, 0) is 0 Å². The zero-order chi connectivity index (χ0) is 12.5. The lowest BCUT2D eigenvalue weighted by molar-refractivity contribution is 0.323. The molecule has 0 spiro atoms. The van der Waals surface area contributed by atoms with E-state index in [-0.39, 0.29) is 5.54 Å². The topological polar surface area (TPSA) is 41.3 Å². The number of likely N-dealkylation sites (N-methyl/N-ethyl adjacent to an activating group) is 1. The number of anilines is 1. The fourth-order valence-electron chi connectivity index (χ4n) is 2.71. The van der Waals surface area contributed by atoms with Crippen LogP contribution in [0.5, 0.6) is 0 Å². The molecule has 94 valence electrons. The first-order valence-electron chi connectivity index (χ1n) is 6.30. The first-order valence-corrected chi connectivity index (χ1v) is 6.30. The average Bonchev–Trinajstić information content (AvgIpc) is 2.59. The minimum absolute atomic E-state index is 0.0281. The third-order valence-electron chi connectivity index (χ3n) is 3.93. The SMILES string of the molecule is Cc1ccccc1NC1(CN)CC(C)N(C)C1. The molecule has 2 atom stereocenters. The van der Waals surface area contributed by atoms with E-state index in [9.17, 15) is 0 Å². The summed E-state index contributed by atoms with van der Waals surface area (Å²) in [6.45, 7) is 6.08.